The van der Waals surface area contributed by atoms with Crippen molar-refractivity contribution in [3.8, 4) is 11.5 Å². The van der Waals surface area contributed by atoms with E-state index >= 15 is 0 Å². The van der Waals surface area contributed by atoms with E-state index in [1.807, 2.05) is 66.9 Å². The molecular formula is C22H19Br2NO2. The van der Waals surface area contributed by atoms with Crippen molar-refractivity contribution in [3.63, 3.8) is 0 Å². The van der Waals surface area contributed by atoms with E-state index in [1.54, 1.807) is 7.11 Å². The summed E-state index contributed by atoms with van der Waals surface area (Å²) < 4.78 is 13.4. The van der Waals surface area contributed by atoms with Crippen molar-refractivity contribution < 1.29 is 9.47 Å². The van der Waals surface area contributed by atoms with Gasteiger partial charge in [0.1, 0.15) is 6.61 Å². The van der Waals surface area contributed by atoms with Gasteiger partial charge in [-0.1, -0.05) is 45.8 Å². The Hall–Kier alpha value is -2.11. The van der Waals surface area contributed by atoms with Gasteiger partial charge < -0.3 is 9.47 Å². The summed E-state index contributed by atoms with van der Waals surface area (Å²) >= 11 is 7.02. The molecule has 27 heavy (non-hydrogen) atoms. The van der Waals surface area contributed by atoms with Crippen LogP contribution in [0.25, 0.3) is 0 Å². The number of hydrogen-bond acceptors (Lipinski definition) is 3. The van der Waals surface area contributed by atoms with Gasteiger partial charge in [0.15, 0.2) is 11.5 Å². The van der Waals surface area contributed by atoms with Crippen molar-refractivity contribution in [2.75, 3.05) is 7.11 Å². The second-order valence-electron chi connectivity index (χ2n) is 6.04. The Balaban J connectivity index is 1.77. The number of methoxy groups -OCH3 is 1. The van der Waals surface area contributed by atoms with E-state index in [-0.39, 0.29) is 0 Å². The van der Waals surface area contributed by atoms with E-state index in [0.29, 0.717) is 18.1 Å². The lowest BCUT2D eigenvalue weighted by Gasteiger charge is -2.13. The third-order valence-corrected chi connectivity index (χ3v) is 5.06. The van der Waals surface area contributed by atoms with Gasteiger partial charge in [0.05, 0.1) is 17.3 Å². The molecule has 5 heteroatoms. The van der Waals surface area contributed by atoms with Crippen LogP contribution in [-0.4, -0.2) is 13.3 Å². The van der Waals surface area contributed by atoms with Crippen molar-refractivity contribution in [2.45, 2.75) is 13.5 Å². The zero-order valence-electron chi connectivity index (χ0n) is 15.1. The number of aliphatic imine (C=N–C) groups is 1. The van der Waals surface area contributed by atoms with E-state index in [4.69, 9.17) is 9.47 Å². The van der Waals surface area contributed by atoms with E-state index in [2.05, 4.69) is 43.8 Å². The van der Waals surface area contributed by atoms with Crippen LogP contribution in [0.4, 0.5) is 5.69 Å². The van der Waals surface area contributed by atoms with E-state index < -0.39 is 0 Å². The van der Waals surface area contributed by atoms with Gasteiger partial charge in [-0.3, -0.25) is 4.99 Å². The normalized spacial score (nSPS) is 11.0. The maximum absolute atomic E-state index is 5.98. The lowest BCUT2D eigenvalue weighted by atomic mass is 10.2. The fourth-order valence-electron chi connectivity index (χ4n) is 2.47. The molecule has 3 rings (SSSR count). The molecule has 0 amide bonds. The van der Waals surface area contributed by atoms with Gasteiger partial charge in [0, 0.05) is 10.7 Å². The van der Waals surface area contributed by atoms with Gasteiger partial charge in [0.25, 0.3) is 0 Å². The van der Waals surface area contributed by atoms with Crippen LogP contribution < -0.4 is 9.47 Å². The van der Waals surface area contributed by atoms with Crippen molar-refractivity contribution in [3.05, 3.63) is 86.3 Å². The van der Waals surface area contributed by atoms with E-state index in [0.717, 1.165) is 25.8 Å². The predicted octanol–water partition coefficient (Wildman–Crippen LogP) is 6.86. The average Bonchev–Trinajstić information content (AvgIpc) is 2.67. The molecule has 0 spiro atoms. The van der Waals surface area contributed by atoms with Crippen LogP contribution in [-0.2, 0) is 6.61 Å². The second kappa shape index (κ2) is 9.20. The van der Waals surface area contributed by atoms with Crippen LogP contribution in [0.5, 0.6) is 11.5 Å². The summed E-state index contributed by atoms with van der Waals surface area (Å²) in [4.78, 5) is 4.52. The van der Waals surface area contributed by atoms with Crippen LogP contribution in [0.3, 0.4) is 0 Å². The molecule has 3 nitrogen and oxygen atoms in total. The molecule has 0 aromatic heterocycles. The SMILES string of the molecule is COc1cc(C=Nc2ccc(C)cc2)cc(Br)c1OCc1ccc(Br)cc1. The Labute approximate surface area is 176 Å². The highest BCUT2D eigenvalue weighted by Crippen LogP contribution is 2.37. The summed E-state index contributed by atoms with van der Waals surface area (Å²) in [6.07, 6.45) is 1.82. The Bertz CT molecular complexity index is 936. The Morgan fingerprint density at radius 1 is 0.963 bits per heavy atom. The minimum Gasteiger partial charge on any atom is -0.493 e. The summed E-state index contributed by atoms with van der Waals surface area (Å²) in [6, 6.07) is 20.0. The first-order valence-electron chi connectivity index (χ1n) is 8.40. The second-order valence-corrected chi connectivity index (χ2v) is 7.81. The van der Waals surface area contributed by atoms with Gasteiger partial charge in [-0.25, -0.2) is 0 Å². The number of ether oxygens (including phenoxy) is 2. The fourth-order valence-corrected chi connectivity index (χ4v) is 3.31. The van der Waals surface area contributed by atoms with E-state index in [1.165, 1.54) is 5.56 Å². The first-order valence-corrected chi connectivity index (χ1v) is 9.99. The predicted molar refractivity (Wildman–Crippen MR) is 118 cm³/mol. The highest BCUT2D eigenvalue weighted by molar-refractivity contribution is 9.10. The highest BCUT2D eigenvalue weighted by atomic mass is 79.9. The third-order valence-electron chi connectivity index (χ3n) is 3.94. The maximum Gasteiger partial charge on any atom is 0.175 e. The maximum atomic E-state index is 5.98. The summed E-state index contributed by atoms with van der Waals surface area (Å²) in [7, 11) is 1.63. The van der Waals surface area contributed by atoms with E-state index in [9.17, 15) is 0 Å². The molecular weight excluding hydrogens is 470 g/mol. The molecule has 0 fully saturated rings. The number of benzene rings is 3. The largest absolute Gasteiger partial charge is 0.493 e. The zero-order chi connectivity index (χ0) is 19.2. The standard InChI is InChI=1S/C22H19Br2NO2/c1-15-3-9-19(10-4-15)25-13-17-11-20(24)22(21(12-17)26-2)27-14-16-5-7-18(23)8-6-16/h3-13H,14H2,1-2H3. The molecule has 138 valence electrons. The van der Waals surface area contributed by atoms with Crippen molar-refractivity contribution in [1.29, 1.82) is 0 Å². The smallest absolute Gasteiger partial charge is 0.175 e. The molecule has 0 unspecified atom stereocenters. The molecule has 0 bridgehead atoms. The Kier molecular flexibility index (Phi) is 6.69. The lowest BCUT2D eigenvalue weighted by Crippen LogP contribution is -1.99. The summed E-state index contributed by atoms with van der Waals surface area (Å²) in [5.41, 5.74) is 4.13. The molecule has 0 aliphatic rings. The van der Waals surface area contributed by atoms with Crippen LogP contribution in [0.2, 0.25) is 0 Å². The van der Waals surface area contributed by atoms with Crippen molar-refractivity contribution >= 4 is 43.8 Å². The first kappa shape index (κ1) is 19.6. The number of rotatable bonds is 6. The molecule has 0 saturated heterocycles. The molecule has 0 heterocycles. The van der Waals surface area contributed by atoms with Gasteiger partial charge >= 0.3 is 0 Å². The quantitative estimate of drug-likeness (QED) is 0.355. The molecule has 0 aliphatic carbocycles. The summed E-state index contributed by atoms with van der Waals surface area (Å²) in [5, 5.41) is 0. The molecule has 0 radical (unpaired) electrons. The van der Waals surface area contributed by atoms with Crippen molar-refractivity contribution in [1.82, 2.24) is 0 Å². The third kappa shape index (κ3) is 5.44. The zero-order valence-corrected chi connectivity index (χ0v) is 18.2. The Morgan fingerprint density at radius 2 is 1.67 bits per heavy atom. The minimum absolute atomic E-state index is 0.457. The number of halogens is 2. The van der Waals surface area contributed by atoms with Crippen LogP contribution in [0, 0.1) is 6.92 Å². The highest BCUT2D eigenvalue weighted by Gasteiger charge is 2.11. The van der Waals surface area contributed by atoms with Crippen molar-refractivity contribution in [2.24, 2.45) is 4.99 Å². The first-order chi connectivity index (χ1) is 13.0. The number of hydrogen-bond donors (Lipinski definition) is 0. The molecule has 0 atom stereocenters. The topological polar surface area (TPSA) is 30.8 Å². The lowest BCUT2D eigenvalue weighted by molar-refractivity contribution is 0.282. The van der Waals surface area contributed by atoms with Gasteiger partial charge in [0.2, 0.25) is 0 Å². The minimum atomic E-state index is 0.457. The molecule has 0 saturated carbocycles. The van der Waals surface area contributed by atoms with Crippen LogP contribution in [0.15, 0.2) is 74.6 Å². The molecule has 3 aromatic rings. The average molecular weight is 489 g/mol. The molecule has 3 aromatic carbocycles. The van der Waals surface area contributed by atoms with Gasteiger partial charge in [-0.05, 0) is 70.4 Å². The van der Waals surface area contributed by atoms with Gasteiger partial charge in [-0.2, -0.15) is 0 Å². The number of nitrogens with zero attached hydrogens (tertiary/aromatic N) is 1. The fraction of sp³-hybridized carbons (Fsp3) is 0.136. The molecule has 0 aliphatic heterocycles. The molecule has 0 N–H and O–H groups in total. The summed E-state index contributed by atoms with van der Waals surface area (Å²) in [6.45, 7) is 2.52. The summed E-state index contributed by atoms with van der Waals surface area (Å²) in [5.74, 6) is 1.33. The van der Waals surface area contributed by atoms with Crippen LogP contribution >= 0.6 is 31.9 Å². The monoisotopic (exact) mass is 487 g/mol. The van der Waals surface area contributed by atoms with Crippen LogP contribution in [0.1, 0.15) is 16.7 Å². The number of aryl methyl sites for hydroxylation is 1. The Morgan fingerprint density at radius 3 is 2.33 bits per heavy atom. The van der Waals surface area contributed by atoms with Gasteiger partial charge in [-0.15, -0.1) is 0 Å².